The topological polar surface area (TPSA) is 41.5 Å². The highest BCUT2D eigenvalue weighted by Crippen LogP contribution is 2.33. The molecule has 1 aromatic carbocycles. The van der Waals surface area contributed by atoms with E-state index in [2.05, 4.69) is 5.32 Å². The number of alkyl halides is 3. The Morgan fingerprint density at radius 3 is 2.52 bits per heavy atom. The van der Waals surface area contributed by atoms with Gasteiger partial charge in [0.15, 0.2) is 0 Å². The summed E-state index contributed by atoms with van der Waals surface area (Å²) in [6.45, 7) is 4.64. The van der Waals surface area contributed by atoms with E-state index < -0.39 is 17.8 Å². The van der Waals surface area contributed by atoms with Gasteiger partial charge in [-0.05, 0) is 24.1 Å². The highest BCUT2D eigenvalue weighted by Gasteiger charge is 2.30. The lowest BCUT2D eigenvalue weighted by molar-refractivity contribution is -0.137. The quantitative estimate of drug-likeness (QED) is 0.801. The van der Waals surface area contributed by atoms with Gasteiger partial charge in [0.2, 0.25) is 0 Å². The maximum absolute atomic E-state index is 12.6. The predicted octanol–water partition coefficient (Wildman–Crippen LogP) is 3.80. The minimum absolute atomic E-state index is 0.0547. The van der Waals surface area contributed by atoms with Crippen molar-refractivity contribution in [2.45, 2.75) is 26.1 Å². The smallest absolute Gasteiger partial charge is 0.389 e. The number of ether oxygens (including phenoxy) is 1. The molecule has 1 unspecified atom stereocenters. The Bertz CT molecular complexity index is 452. The van der Waals surface area contributed by atoms with Gasteiger partial charge in [0, 0.05) is 13.2 Å². The van der Waals surface area contributed by atoms with Crippen molar-refractivity contribution in [3.05, 3.63) is 28.8 Å². The third-order valence-corrected chi connectivity index (χ3v) is 2.91. The fourth-order valence-electron chi connectivity index (χ4n) is 1.56. The van der Waals surface area contributed by atoms with Crippen LogP contribution in [-0.4, -0.2) is 31.0 Å². The zero-order chi connectivity index (χ0) is 16.0. The summed E-state index contributed by atoms with van der Waals surface area (Å²) >= 11 is 5.83. The van der Waals surface area contributed by atoms with Gasteiger partial charge in [-0.2, -0.15) is 13.2 Å². The summed E-state index contributed by atoms with van der Waals surface area (Å²) in [4.78, 5) is 0. The summed E-state index contributed by atoms with van der Waals surface area (Å²) in [6.07, 6.45) is -5.26. The van der Waals surface area contributed by atoms with Crippen LogP contribution in [0.5, 0.6) is 0 Å². The van der Waals surface area contributed by atoms with Crippen LogP contribution in [0.1, 0.15) is 19.4 Å². The molecule has 0 fully saturated rings. The van der Waals surface area contributed by atoms with E-state index in [0.29, 0.717) is 12.5 Å². The van der Waals surface area contributed by atoms with Gasteiger partial charge in [-0.25, -0.2) is 0 Å². The highest BCUT2D eigenvalue weighted by atomic mass is 35.5. The monoisotopic (exact) mass is 325 g/mol. The van der Waals surface area contributed by atoms with E-state index in [4.69, 9.17) is 16.3 Å². The maximum Gasteiger partial charge on any atom is 0.416 e. The zero-order valence-electron chi connectivity index (χ0n) is 11.9. The number of halogens is 4. The van der Waals surface area contributed by atoms with E-state index in [1.54, 1.807) is 0 Å². The van der Waals surface area contributed by atoms with Crippen molar-refractivity contribution >= 4 is 17.3 Å². The van der Waals surface area contributed by atoms with Crippen LogP contribution in [0.3, 0.4) is 0 Å². The molecule has 1 aromatic rings. The summed E-state index contributed by atoms with van der Waals surface area (Å²) in [5, 5.41) is 12.6. The lowest BCUT2D eigenvalue weighted by Gasteiger charge is -2.16. The van der Waals surface area contributed by atoms with Crippen molar-refractivity contribution in [1.29, 1.82) is 0 Å². The summed E-state index contributed by atoms with van der Waals surface area (Å²) in [5.41, 5.74) is -0.658. The molecule has 0 aromatic heterocycles. The Balaban J connectivity index is 2.54. The number of aliphatic hydroxyl groups is 1. The van der Waals surface area contributed by atoms with Crippen LogP contribution >= 0.6 is 11.6 Å². The molecule has 3 nitrogen and oxygen atoms in total. The Labute approximate surface area is 127 Å². The van der Waals surface area contributed by atoms with Crippen LogP contribution in [0.2, 0.25) is 5.02 Å². The average Bonchev–Trinajstić information content (AvgIpc) is 2.36. The molecule has 1 rings (SSSR count). The van der Waals surface area contributed by atoms with Crippen LogP contribution in [0.4, 0.5) is 18.9 Å². The first-order chi connectivity index (χ1) is 9.70. The van der Waals surface area contributed by atoms with E-state index in [9.17, 15) is 18.3 Å². The van der Waals surface area contributed by atoms with Crippen molar-refractivity contribution in [1.82, 2.24) is 0 Å². The number of benzene rings is 1. The normalized spacial score (nSPS) is 13.5. The predicted molar refractivity (Wildman–Crippen MR) is 76.6 cm³/mol. The standard InChI is InChI=1S/C14H19ClF3NO2/c1-9(2)7-21-8-11(20)6-19-13-5-10(14(16,17)18)3-4-12(13)15/h3-5,9,11,19-20H,6-8H2,1-2H3. The van der Waals surface area contributed by atoms with Crippen LogP contribution in [-0.2, 0) is 10.9 Å². The molecular weight excluding hydrogens is 307 g/mol. The zero-order valence-corrected chi connectivity index (χ0v) is 12.6. The number of hydrogen-bond acceptors (Lipinski definition) is 3. The van der Waals surface area contributed by atoms with Crippen molar-refractivity contribution in [3.63, 3.8) is 0 Å². The first-order valence-electron chi connectivity index (χ1n) is 6.56. The molecule has 0 aliphatic rings. The van der Waals surface area contributed by atoms with Crippen LogP contribution in [0.15, 0.2) is 18.2 Å². The van der Waals surface area contributed by atoms with E-state index in [-0.39, 0.29) is 23.9 Å². The van der Waals surface area contributed by atoms with Crippen molar-refractivity contribution in [2.24, 2.45) is 5.92 Å². The second kappa shape index (κ2) is 7.87. The van der Waals surface area contributed by atoms with Gasteiger partial charge in [-0.1, -0.05) is 25.4 Å². The highest BCUT2D eigenvalue weighted by molar-refractivity contribution is 6.33. The molecule has 1 atom stereocenters. The summed E-state index contributed by atoms with van der Waals surface area (Å²) in [7, 11) is 0. The summed E-state index contributed by atoms with van der Waals surface area (Å²) in [6, 6.07) is 3.01. The van der Waals surface area contributed by atoms with Crippen LogP contribution < -0.4 is 5.32 Å². The van der Waals surface area contributed by atoms with Gasteiger partial charge < -0.3 is 15.2 Å². The molecule has 7 heteroatoms. The van der Waals surface area contributed by atoms with E-state index >= 15 is 0 Å². The summed E-state index contributed by atoms with van der Waals surface area (Å²) in [5.74, 6) is 0.350. The molecule has 0 spiro atoms. The lowest BCUT2D eigenvalue weighted by Crippen LogP contribution is -2.26. The van der Waals surface area contributed by atoms with Gasteiger partial charge in [0.25, 0.3) is 0 Å². The van der Waals surface area contributed by atoms with Crippen LogP contribution in [0, 0.1) is 5.92 Å². The Morgan fingerprint density at radius 1 is 1.29 bits per heavy atom. The Kier molecular flexibility index (Phi) is 6.77. The number of anilines is 1. The largest absolute Gasteiger partial charge is 0.416 e. The molecule has 21 heavy (non-hydrogen) atoms. The van der Waals surface area contributed by atoms with Gasteiger partial charge in [0.1, 0.15) is 0 Å². The first kappa shape index (κ1) is 18.1. The number of aliphatic hydroxyl groups excluding tert-OH is 1. The molecule has 2 N–H and O–H groups in total. The van der Waals surface area contributed by atoms with Gasteiger partial charge in [-0.3, -0.25) is 0 Å². The number of rotatable bonds is 7. The first-order valence-corrected chi connectivity index (χ1v) is 6.94. The average molecular weight is 326 g/mol. The van der Waals surface area contributed by atoms with E-state index in [1.165, 1.54) is 6.07 Å². The molecule has 0 saturated heterocycles. The Hall–Kier alpha value is -0.980. The summed E-state index contributed by atoms with van der Waals surface area (Å²) < 4.78 is 43.1. The molecular formula is C14H19ClF3NO2. The van der Waals surface area contributed by atoms with Crippen molar-refractivity contribution in [3.8, 4) is 0 Å². The van der Waals surface area contributed by atoms with Gasteiger partial charge in [-0.15, -0.1) is 0 Å². The van der Waals surface area contributed by atoms with Crippen LogP contribution in [0.25, 0.3) is 0 Å². The van der Waals surface area contributed by atoms with E-state index in [0.717, 1.165) is 12.1 Å². The maximum atomic E-state index is 12.6. The molecule has 0 aliphatic heterocycles. The molecule has 0 bridgehead atoms. The molecule has 0 radical (unpaired) electrons. The van der Waals surface area contributed by atoms with Gasteiger partial charge >= 0.3 is 6.18 Å². The third kappa shape index (κ3) is 6.54. The molecule has 0 aliphatic carbocycles. The SMILES string of the molecule is CC(C)COCC(O)CNc1cc(C(F)(F)F)ccc1Cl. The van der Waals surface area contributed by atoms with E-state index in [1.807, 2.05) is 13.8 Å². The van der Waals surface area contributed by atoms with Crippen molar-refractivity contribution in [2.75, 3.05) is 25.1 Å². The Morgan fingerprint density at radius 2 is 1.95 bits per heavy atom. The van der Waals surface area contributed by atoms with Crippen molar-refractivity contribution < 1.29 is 23.0 Å². The number of nitrogens with one attached hydrogen (secondary N) is 1. The minimum atomic E-state index is -4.43. The third-order valence-electron chi connectivity index (χ3n) is 2.58. The number of hydrogen-bond donors (Lipinski definition) is 2. The lowest BCUT2D eigenvalue weighted by atomic mass is 10.2. The van der Waals surface area contributed by atoms with Gasteiger partial charge in [0.05, 0.1) is 29.0 Å². The molecule has 120 valence electrons. The molecule has 0 amide bonds. The fraction of sp³-hybridized carbons (Fsp3) is 0.571. The second-order valence-corrected chi connectivity index (χ2v) is 5.57. The minimum Gasteiger partial charge on any atom is -0.389 e. The second-order valence-electron chi connectivity index (χ2n) is 5.16. The molecule has 0 heterocycles. The fourth-order valence-corrected chi connectivity index (χ4v) is 1.75. The molecule has 0 saturated carbocycles.